The minimum Gasteiger partial charge on any atom is -0.462 e. The number of carbonyl (C=O) groups is 1. The molecule has 0 spiro atoms. The Morgan fingerprint density at radius 2 is 1.88 bits per heavy atom. The first-order valence-electron chi connectivity index (χ1n) is 4.31. The molecule has 1 aromatic rings. The first-order chi connectivity index (χ1) is 7.74. The molecule has 1 rings (SSSR count). The average Bonchev–Trinajstić information content (AvgIpc) is 2.15. The van der Waals surface area contributed by atoms with Crippen molar-refractivity contribution in [1.29, 1.82) is 0 Å². The predicted octanol–water partition coefficient (Wildman–Crippen LogP) is 3.23. The number of carbonyl (C=O) groups excluding carboxylic acids is 1. The topological polar surface area (TPSA) is 60.4 Å². The zero-order valence-electron chi connectivity index (χ0n) is 8.69. The Bertz CT molecular complexity index is 465. The van der Waals surface area contributed by atoms with E-state index in [1.165, 1.54) is 0 Å². The summed E-state index contributed by atoms with van der Waals surface area (Å²) in [5.74, 6) is -0.333. The van der Waals surface area contributed by atoms with Crippen LogP contribution in [0.1, 0.15) is 17.3 Å². The average molecular weight is 320 g/mol. The van der Waals surface area contributed by atoms with E-state index >= 15 is 0 Å². The monoisotopic (exact) mass is 318 g/mol. The van der Waals surface area contributed by atoms with Crippen LogP contribution in [0.25, 0.3) is 0 Å². The van der Waals surface area contributed by atoms with Crippen molar-refractivity contribution in [2.75, 3.05) is 6.61 Å². The molecular formula is C9H9Cl3O4S. The molecule has 17 heavy (non-hydrogen) atoms. The van der Waals surface area contributed by atoms with Crippen molar-refractivity contribution in [3.63, 3.8) is 0 Å². The van der Waals surface area contributed by atoms with Gasteiger partial charge in [-0.1, -0.05) is 17.7 Å². The van der Waals surface area contributed by atoms with Gasteiger partial charge >= 0.3 is 14.2 Å². The summed E-state index contributed by atoms with van der Waals surface area (Å²) in [7, 11) is 4.81. The van der Waals surface area contributed by atoms with Crippen LogP contribution in [0, 0.1) is 0 Å². The van der Waals surface area contributed by atoms with Gasteiger partial charge in [0, 0.05) is 26.4 Å². The lowest BCUT2D eigenvalue weighted by Crippen LogP contribution is -2.03. The highest BCUT2D eigenvalue weighted by molar-refractivity contribution is 8.31. The van der Waals surface area contributed by atoms with Gasteiger partial charge < -0.3 is 4.74 Å². The summed E-state index contributed by atoms with van der Waals surface area (Å²) in [6.45, 7) is 2.15. The Kier molecular flexibility index (Phi) is 7.54. The van der Waals surface area contributed by atoms with Gasteiger partial charge in [0.1, 0.15) is 0 Å². The Morgan fingerprint density at radius 3 is 2.29 bits per heavy atom. The first-order valence-corrected chi connectivity index (χ1v) is 7.82. The number of ether oxygens (including phenoxy) is 1. The third-order valence-corrected chi connectivity index (χ3v) is 1.57. The molecule has 0 radical (unpaired) electrons. The van der Waals surface area contributed by atoms with E-state index in [4.69, 9.17) is 24.8 Å². The molecule has 0 bridgehead atoms. The fraction of sp³-hybridized carbons (Fsp3) is 0.222. The maximum Gasteiger partial charge on any atom is 0.338 e. The Labute approximate surface area is 113 Å². The molecule has 0 aliphatic heterocycles. The molecule has 0 aliphatic carbocycles. The highest BCUT2D eigenvalue weighted by Crippen LogP contribution is 2.11. The molecule has 0 saturated carbocycles. The molecule has 0 unspecified atom stereocenters. The number of hydrogen-bond acceptors (Lipinski definition) is 4. The van der Waals surface area contributed by atoms with Gasteiger partial charge in [-0.25, -0.2) is 4.79 Å². The van der Waals surface area contributed by atoms with Crippen molar-refractivity contribution in [2.24, 2.45) is 0 Å². The van der Waals surface area contributed by atoms with E-state index < -0.39 is 8.26 Å². The van der Waals surface area contributed by atoms with Crippen molar-refractivity contribution in [2.45, 2.75) is 6.92 Å². The van der Waals surface area contributed by atoms with Gasteiger partial charge in [-0.15, -0.1) is 0 Å². The second-order valence-electron chi connectivity index (χ2n) is 2.61. The van der Waals surface area contributed by atoms with Gasteiger partial charge in [0.15, 0.2) is 0 Å². The van der Waals surface area contributed by atoms with E-state index in [9.17, 15) is 4.79 Å². The second kappa shape index (κ2) is 7.76. The standard InChI is InChI=1S/C9H9ClO2.Cl2O2S/c1-2-12-9(11)7-4-3-5-8(10)6-7;1-5(2,3)4/h3-6H,2H2,1H3;. The summed E-state index contributed by atoms with van der Waals surface area (Å²) >= 11 is 5.68. The van der Waals surface area contributed by atoms with E-state index in [0.29, 0.717) is 17.2 Å². The van der Waals surface area contributed by atoms with Crippen LogP contribution in [0.15, 0.2) is 24.3 Å². The molecule has 0 heterocycles. The number of rotatable bonds is 2. The molecule has 8 heteroatoms. The van der Waals surface area contributed by atoms with Crippen LogP contribution in [-0.4, -0.2) is 21.0 Å². The Hall–Kier alpha value is -0.490. The van der Waals surface area contributed by atoms with E-state index in [1.807, 2.05) is 0 Å². The van der Waals surface area contributed by atoms with E-state index in [1.54, 1.807) is 31.2 Å². The smallest absolute Gasteiger partial charge is 0.338 e. The van der Waals surface area contributed by atoms with Crippen LogP contribution >= 0.6 is 33.0 Å². The number of benzene rings is 1. The molecule has 0 aromatic heterocycles. The molecule has 0 amide bonds. The lowest BCUT2D eigenvalue weighted by atomic mass is 10.2. The molecule has 0 saturated heterocycles. The van der Waals surface area contributed by atoms with Gasteiger partial charge in [-0.3, -0.25) is 0 Å². The van der Waals surface area contributed by atoms with E-state index in [0.717, 1.165) is 0 Å². The van der Waals surface area contributed by atoms with Crippen LogP contribution in [0.3, 0.4) is 0 Å². The third kappa shape index (κ3) is 10.4. The highest BCUT2D eigenvalue weighted by Gasteiger charge is 2.04. The summed E-state index contributed by atoms with van der Waals surface area (Å²) in [6.07, 6.45) is 0. The van der Waals surface area contributed by atoms with Crippen LogP contribution in [0.4, 0.5) is 0 Å². The normalized spacial score (nSPS) is 10.1. The van der Waals surface area contributed by atoms with Gasteiger partial charge in [-0.2, -0.15) is 8.42 Å². The lowest BCUT2D eigenvalue weighted by molar-refractivity contribution is 0.0526. The molecule has 0 N–H and O–H groups in total. The van der Waals surface area contributed by atoms with Crippen molar-refractivity contribution in [3.05, 3.63) is 34.9 Å². The predicted molar refractivity (Wildman–Crippen MR) is 68.0 cm³/mol. The van der Waals surface area contributed by atoms with Gasteiger partial charge in [0.25, 0.3) is 0 Å². The molecule has 0 fully saturated rings. The summed E-state index contributed by atoms with van der Waals surface area (Å²) in [5, 5.41) is 0.542. The zero-order valence-corrected chi connectivity index (χ0v) is 11.8. The number of halogens is 3. The molecular weight excluding hydrogens is 311 g/mol. The van der Waals surface area contributed by atoms with Crippen molar-refractivity contribution >= 4 is 47.2 Å². The van der Waals surface area contributed by atoms with Crippen molar-refractivity contribution < 1.29 is 17.9 Å². The quantitative estimate of drug-likeness (QED) is 0.620. The Balaban J connectivity index is 0.000000437. The third-order valence-electron chi connectivity index (χ3n) is 1.34. The molecule has 0 aliphatic rings. The number of hydrogen-bond donors (Lipinski definition) is 0. The van der Waals surface area contributed by atoms with Crippen LogP contribution in [-0.2, 0) is 13.0 Å². The van der Waals surface area contributed by atoms with Gasteiger partial charge in [0.2, 0.25) is 0 Å². The highest BCUT2D eigenvalue weighted by atomic mass is 36.0. The van der Waals surface area contributed by atoms with E-state index in [-0.39, 0.29) is 5.97 Å². The second-order valence-corrected chi connectivity index (χ2v) is 6.71. The molecule has 4 nitrogen and oxygen atoms in total. The van der Waals surface area contributed by atoms with E-state index in [2.05, 4.69) is 21.4 Å². The molecule has 1 aromatic carbocycles. The molecule has 0 atom stereocenters. The summed E-state index contributed by atoms with van der Waals surface area (Å²) in [5.41, 5.74) is 0.490. The first kappa shape index (κ1) is 16.5. The van der Waals surface area contributed by atoms with Crippen molar-refractivity contribution in [3.8, 4) is 0 Å². The summed E-state index contributed by atoms with van der Waals surface area (Å²) in [4.78, 5) is 11.1. The fourth-order valence-electron chi connectivity index (χ4n) is 0.830. The van der Waals surface area contributed by atoms with Crippen LogP contribution in [0.2, 0.25) is 5.02 Å². The largest absolute Gasteiger partial charge is 0.462 e. The fourth-order valence-corrected chi connectivity index (χ4v) is 1.02. The Morgan fingerprint density at radius 1 is 1.35 bits per heavy atom. The maximum atomic E-state index is 11.1. The minimum atomic E-state index is -3.72. The van der Waals surface area contributed by atoms with Gasteiger partial charge in [0.05, 0.1) is 12.2 Å². The SMILES string of the molecule is CCOC(=O)c1cccc(Cl)c1.O=S(=O)(Cl)Cl. The van der Waals surface area contributed by atoms with Crippen LogP contribution in [0.5, 0.6) is 0 Å². The van der Waals surface area contributed by atoms with Crippen LogP contribution < -0.4 is 0 Å². The summed E-state index contributed by atoms with van der Waals surface area (Å²) in [6, 6.07) is 6.68. The lowest BCUT2D eigenvalue weighted by Gasteiger charge is -2.00. The summed E-state index contributed by atoms with van der Waals surface area (Å²) < 4.78 is 23.1. The number of esters is 1. The maximum absolute atomic E-state index is 11.1. The van der Waals surface area contributed by atoms with Crippen molar-refractivity contribution in [1.82, 2.24) is 0 Å². The van der Waals surface area contributed by atoms with Gasteiger partial charge in [-0.05, 0) is 25.1 Å². The molecule has 96 valence electrons. The minimum absolute atomic E-state index is 0.333. The zero-order chi connectivity index (χ0) is 13.5.